The highest BCUT2D eigenvalue weighted by atomic mass is 35.5. The Morgan fingerprint density at radius 1 is 1.33 bits per heavy atom. The molecule has 2 N–H and O–H groups in total. The van der Waals surface area contributed by atoms with E-state index in [-0.39, 0.29) is 12.2 Å². The molecule has 0 unspecified atom stereocenters. The van der Waals surface area contributed by atoms with E-state index in [9.17, 15) is 14.7 Å². The van der Waals surface area contributed by atoms with Crippen LogP contribution in [0.15, 0.2) is 35.3 Å². The van der Waals surface area contributed by atoms with Gasteiger partial charge >= 0.3 is 0 Å². The molecular formula is C24H29ClN4O4. The molecule has 0 amide bonds. The van der Waals surface area contributed by atoms with Crippen LogP contribution in [0.1, 0.15) is 24.0 Å². The van der Waals surface area contributed by atoms with Crippen molar-refractivity contribution in [3.8, 4) is 11.4 Å². The number of imidazole rings is 1. The number of aromatic nitrogens is 3. The van der Waals surface area contributed by atoms with E-state index in [0.29, 0.717) is 18.0 Å². The Balaban J connectivity index is 1.73. The second-order valence-corrected chi connectivity index (χ2v) is 9.05. The lowest BCUT2D eigenvalue weighted by Crippen LogP contribution is -2.36. The maximum atomic E-state index is 12.2. The summed E-state index contributed by atoms with van der Waals surface area (Å²) >= 11 is 5.52. The number of ether oxygens (including phenoxy) is 1. The molecule has 3 aromatic rings. The summed E-state index contributed by atoms with van der Waals surface area (Å²) in [5, 5.41) is 11.7. The summed E-state index contributed by atoms with van der Waals surface area (Å²) in [7, 11) is 1.75. The van der Waals surface area contributed by atoms with E-state index in [4.69, 9.17) is 21.3 Å². The van der Waals surface area contributed by atoms with Crippen LogP contribution in [0.5, 0.6) is 0 Å². The predicted molar refractivity (Wildman–Crippen MR) is 127 cm³/mol. The van der Waals surface area contributed by atoms with Gasteiger partial charge in [-0.05, 0) is 61.0 Å². The monoisotopic (exact) mass is 472 g/mol. The number of carbonyl (C=O) groups excluding carboxylic acids is 1. The quantitative estimate of drug-likeness (QED) is 0.488. The molecule has 1 atom stereocenters. The van der Waals surface area contributed by atoms with Crippen LogP contribution in [0.4, 0.5) is 0 Å². The number of halogens is 1. The van der Waals surface area contributed by atoms with E-state index >= 15 is 0 Å². The molecule has 1 aromatic carbocycles. The van der Waals surface area contributed by atoms with Gasteiger partial charge in [-0.3, -0.25) is 9.59 Å². The van der Waals surface area contributed by atoms with Gasteiger partial charge in [0.25, 0.3) is 5.56 Å². The fourth-order valence-corrected chi connectivity index (χ4v) is 4.48. The number of nitrogens with one attached hydrogen (secondary N) is 1. The average molecular weight is 473 g/mol. The lowest BCUT2D eigenvalue weighted by atomic mass is 10.00. The molecule has 176 valence electrons. The van der Waals surface area contributed by atoms with Crippen molar-refractivity contribution in [3.05, 3.63) is 51.9 Å². The van der Waals surface area contributed by atoms with Crippen LogP contribution in [0.25, 0.3) is 22.4 Å². The van der Waals surface area contributed by atoms with Crippen molar-refractivity contribution in [2.45, 2.75) is 38.9 Å². The summed E-state index contributed by atoms with van der Waals surface area (Å²) in [6, 6.07) is 7.09. The Morgan fingerprint density at radius 3 is 2.76 bits per heavy atom. The molecule has 1 fully saturated rings. The molecule has 0 saturated carbocycles. The second kappa shape index (κ2) is 10.2. The number of hydrogen-bond donors (Lipinski definition) is 2. The fraction of sp³-hybridized carbons (Fsp3) is 0.458. The number of pyridine rings is 1. The third-order valence-corrected chi connectivity index (χ3v) is 6.49. The van der Waals surface area contributed by atoms with Crippen molar-refractivity contribution >= 4 is 27.9 Å². The Labute approximate surface area is 197 Å². The fourth-order valence-electron chi connectivity index (χ4n) is 4.34. The Hall–Kier alpha value is -2.52. The van der Waals surface area contributed by atoms with E-state index in [1.54, 1.807) is 11.6 Å². The summed E-state index contributed by atoms with van der Waals surface area (Å²) < 4.78 is 9.36. The molecule has 0 aliphatic carbocycles. The molecule has 8 nitrogen and oxygen atoms in total. The zero-order valence-electron chi connectivity index (χ0n) is 18.9. The lowest BCUT2D eigenvalue weighted by Gasteiger charge is -2.23. The minimum Gasteiger partial charge on any atom is -0.394 e. The molecular weight excluding hydrogens is 444 g/mol. The lowest BCUT2D eigenvalue weighted by molar-refractivity contribution is -0.114. The molecule has 1 aliphatic heterocycles. The number of aliphatic hydroxyl groups is 1. The zero-order chi connectivity index (χ0) is 23.5. The molecule has 3 heterocycles. The molecule has 33 heavy (non-hydrogen) atoms. The molecule has 1 saturated heterocycles. The van der Waals surface area contributed by atoms with Crippen molar-refractivity contribution in [2.75, 3.05) is 19.8 Å². The van der Waals surface area contributed by atoms with E-state index < -0.39 is 11.3 Å². The number of rotatable bonds is 8. The van der Waals surface area contributed by atoms with Gasteiger partial charge in [-0.25, -0.2) is 4.98 Å². The maximum absolute atomic E-state index is 12.2. The highest BCUT2D eigenvalue weighted by Gasteiger charge is 2.21. The second-order valence-electron chi connectivity index (χ2n) is 8.67. The number of carbonyl (C=O) groups is 1. The van der Waals surface area contributed by atoms with E-state index in [2.05, 4.69) is 9.88 Å². The van der Waals surface area contributed by atoms with Gasteiger partial charge in [-0.15, -0.1) is 0 Å². The van der Waals surface area contributed by atoms with Crippen LogP contribution in [0.3, 0.4) is 0 Å². The first-order valence-electron chi connectivity index (χ1n) is 11.2. The maximum Gasteiger partial charge on any atom is 0.253 e. The van der Waals surface area contributed by atoms with Crippen LogP contribution in [-0.4, -0.2) is 50.3 Å². The van der Waals surface area contributed by atoms with Gasteiger partial charge in [0, 0.05) is 50.7 Å². The first kappa shape index (κ1) is 23.6. The van der Waals surface area contributed by atoms with Gasteiger partial charge in [-0.2, -0.15) is 0 Å². The van der Waals surface area contributed by atoms with Crippen LogP contribution >= 0.6 is 11.6 Å². The number of hydrogen-bond acceptors (Lipinski definition) is 6. The van der Waals surface area contributed by atoms with Gasteiger partial charge in [-0.1, -0.05) is 6.07 Å². The van der Waals surface area contributed by atoms with Crippen molar-refractivity contribution in [3.63, 3.8) is 0 Å². The zero-order valence-corrected chi connectivity index (χ0v) is 19.6. The van der Waals surface area contributed by atoms with E-state index in [0.717, 1.165) is 60.6 Å². The summed E-state index contributed by atoms with van der Waals surface area (Å²) in [5.41, 5.74) is 4.32. The van der Waals surface area contributed by atoms with Gasteiger partial charge < -0.3 is 24.3 Å². The minimum atomic E-state index is -0.808. The number of fused-ring (bicyclic) bond motifs is 1. The number of aliphatic hydroxyl groups excluding tert-OH is 1. The molecule has 2 aromatic heterocycles. The first-order chi connectivity index (χ1) is 15.9. The normalized spacial score (nSPS) is 15.8. The smallest absolute Gasteiger partial charge is 0.253 e. The summed E-state index contributed by atoms with van der Waals surface area (Å²) in [6.07, 6.45) is 3.84. The Bertz CT molecular complexity index is 1190. The molecule has 9 heteroatoms. The van der Waals surface area contributed by atoms with E-state index in [1.165, 1.54) is 0 Å². The van der Waals surface area contributed by atoms with Crippen molar-refractivity contribution in [1.82, 2.24) is 19.4 Å². The van der Waals surface area contributed by atoms with E-state index in [1.807, 2.05) is 37.4 Å². The van der Waals surface area contributed by atoms with Crippen molar-refractivity contribution in [2.24, 2.45) is 13.0 Å². The highest BCUT2D eigenvalue weighted by Crippen LogP contribution is 2.29. The van der Waals surface area contributed by atoms with Gasteiger partial charge in [0.2, 0.25) is 5.24 Å². The van der Waals surface area contributed by atoms with Crippen molar-refractivity contribution in [1.29, 1.82) is 0 Å². The summed E-state index contributed by atoms with van der Waals surface area (Å²) in [6.45, 7) is 4.19. The van der Waals surface area contributed by atoms with Crippen LogP contribution in [-0.2, 0) is 29.7 Å². The van der Waals surface area contributed by atoms with Crippen LogP contribution in [0.2, 0.25) is 0 Å². The highest BCUT2D eigenvalue weighted by molar-refractivity contribution is 6.64. The molecule has 0 spiro atoms. The molecule has 0 bridgehead atoms. The first-order valence-corrected chi connectivity index (χ1v) is 11.5. The molecule has 4 rings (SSSR count). The minimum absolute atomic E-state index is 0.0218. The third-order valence-electron chi connectivity index (χ3n) is 6.22. The van der Waals surface area contributed by atoms with Gasteiger partial charge in [0.1, 0.15) is 11.9 Å². The van der Waals surface area contributed by atoms with Gasteiger partial charge in [0.05, 0.1) is 17.6 Å². The Morgan fingerprint density at radius 2 is 2.09 bits per heavy atom. The summed E-state index contributed by atoms with van der Waals surface area (Å²) in [4.78, 5) is 28.6. The van der Waals surface area contributed by atoms with Crippen LogP contribution < -0.4 is 10.9 Å². The third kappa shape index (κ3) is 5.19. The summed E-state index contributed by atoms with van der Waals surface area (Å²) in [5.74, 6) is 1.31. The Kier molecular flexibility index (Phi) is 7.29. The largest absolute Gasteiger partial charge is 0.394 e. The van der Waals surface area contributed by atoms with Gasteiger partial charge in [0.15, 0.2) is 0 Å². The van der Waals surface area contributed by atoms with Crippen molar-refractivity contribution < 1.29 is 14.6 Å². The standard InChI is InChI=1S/C24H29ClN4O4/c1-15-9-18(13-28(2)24(15)32)23-27-19-10-17(11-26-20(14-30)22(25)31)3-4-21(19)29(23)12-16-5-7-33-8-6-16/h3-4,9-10,13,16,20,26,30H,5-8,11-12,14H2,1-2H3/t20-/m0/s1. The topological polar surface area (TPSA) is 98.4 Å². The number of aryl methyl sites for hydroxylation is 2. The number of nitrogens with zero attached hydrogens (tertiary/aromatic N) is 3. The molecule has 0 radical (unpaired) electrons. The average Bonchev–Trinajstić information content (AvgIpc) is 3.15. The molecule has 1 aliphatic rings. The SMILES string of the molecule is Cc1cc(-c2nc3cc(CN[C@@H](CO)C(=O)Cl)ccc3n2CC2CCOCC2)cn(C)c1=O. The predicted octanol–water partition coefficient (Wildman–Crippen LogP) is 2.35. The number of benzene rings is 1. The van der Waals surface area contributed by atoms with Crippen LogP contribution in [0, 0.1) is 12.8 Å².